The third-order valence-corrected chi connectivity index (χ3v) is 18.0. The number of hydrogen-bond donors (Lipinski definition) is 0. The number of ketones is 10. The molecular formula is C82H116Na2O26S2. The maximum absolute atomic E-state index is 11.1. The van der Waals surface area contributed by atoms with Crippen molar-refractivity contribution in [1.29, 1.82) is 0 Å². The number of carbonyl (C=O) groups is 10. The van der Waals surface area contributed by atoms with Gasteiger partial charge in [-0.05, 0) is 187 Å². The molecule has 2 aliphatic carbocycles. The fourth-order valence-electron chi connectivity index (χ4n) is 9.98. The average Bonchev–Trinajstić information content (AvgIpc) is 0.822. The van der Waals surface area contributed by atoms with Gasteiger partial charge in [0.05, 0.1) is 62.6 Å². The Labute approximate surface area is 708 Å². The molecule has 614 valence electrons. The molecule has 0 atom stereocenters. The van der Waals surface area contributed by atoms with Crippen LogP contribution in [0.2, 0.25) is 0 Å². The van der Waals surface area contributed by atoms with Gasteiger partial charge in [0.1, 0.15) is 20.2 Å². The van der Waals surface area contributed by atoms with Crippen molar-refractivity contribution in [2.75, 3.05) is 136 Å². The second-order valence-electron chi connectivity index (χ2n) is 25.5. The second kappa shape index (κ2) is 65.4. The van der Waals surface area contributed by atoms with Crippen LogP contribution in [0.25, 0.3) is 0 Å². The summed E-state index contributed by atoms with van der Waals surface area (Å²) in [7, 11) is 4.44. The van der Waals surface area contributed by atoms with E-state index in [4.69, 9.17) is 47.4 Å². The molecule has 0 saturated heterocycles. The summed E-state index contributed by atoms with van der Waals surface area (Å²) in [5.74, 6) is 1.64. The molecule has 5 aromatic rings. The van der Waals surface area contributed by atoms with Gasteiger partial charge in [0, 0.05) is 139 Å². The first-order chi connectivity index (χ1) is 51.8. The van der Waals surface area contributed by atoms with Crippen LogP contribution in [0.5, 0.6) is 0 Å². The van der Waals surface area contributed by atoms with E-state index in [-0.39, 0.29) is 116 Å². The minimum atomic E-state index is -4.67. The Balaban J connectivity index is -0.000000588. The summed E-state index contributed by atoms with van der Waals surface area (Å²) in [4.78, 5) is 108. The van der Waals surface area contributed by atoms with Gasteiger partial charge in [-0.3, -0.25) is 47.9 Å². The van der Waals surface area contributed by atoms with E-state index in [1.165, 1.54) is 133 Å². The van der Waals surface area contributed by atoms with Crippen LogP contribution >= 0.6 is 0 Å². The van der Waals surface area contributed by atoms with Crippen LogP contribution in [-0.4, -0.2) is 220 Å². The topological polar surface area (TPSA) is 377 Å². The standard InChI is InChI=1S/2C10H10O5S.2C10H20O2.3C10H10O2.2C6H14O3.2Na/c2*1-6(11)8-3-9(7(2)12)5-10(4-8)16(13,14)15;2*1-11-7-9-3-5-10(6-4-9)8-12-2;2*1-7(11)9-3-5-10(6-4-9)8(2)12;1-7(11)9-4-3-5-10(6-9)8(2)12;2*1-7-3-5-9-6-4-8-2;;/h2*3-5H,1-2H3,(H,13,14,15);2*9-10H,3-8H2,1-2H3;3*3-6H,1-2H3;2*3-6H2,1-2H3;;/q;;;;;;;;;2*+1/p-2. The minimum absolute atomic E-state index is 0. The van der Waals surface area contributed by atoms with Crippen LogP contribution in [0.15, 0.2) is 119 Å². The zero-order valence-electron chi connectivity index (χ0n) is 69.3. The molecule has 112 heavy (non-hydrogen) atoms. The van der Waals surface area contributed by atoms with Crippen molar-refractivity contribution in [2.45, 2.75) is 130 Å². The van der Waals surface area contributed by atoms with Crippen LogP contribution in [0.4, 0.5) is 0 Å². The van der Waals surface area contributed by atoms with E-state index in [1.807, 2.05) is 0 Å². The van der Waals surface area contributed by atoms with Gasteiger partial charge in [-0.2, -0.15) is 0 Å². The largest absolute Gasteiger partial charge is 1.00 e. The van der Waals surface area contributed by atoms with Crippen molar-refractivity contribution < 1.29 is 180 Å². The molecule has 0 aliphatic heterocycles. The molecule has 26 nitrogen and oxygen atoms in total. The number of rotatable bonds is 32. The summed E-state index contributed by atoms with van der Waals surface area (Å²) >= 11 is 0. The number of ether oxygens (including phenoxy) is 10. The van der Waals surface area contributed by atoms with E-state index in [0.717, 1.165) is 74.4 Å². The molecule has 0 spiro atoms. The zero-order valence-corrected chi connectivity index (χ0v) is 74.9. The molecule has 0 bridgehead atoms. The molecular weight excluding hydrogens is 1510 g/mol. The van der Waals surface area contributed by atoms with Gasteiger partial charge in [0.2, 0.25) is 0 Å². The van der Waals surface area contributed by atoms with Gasteiger partial charge in [-0.25, -0.2) is 16.8 Å². The van der Waals surface area contributed by atoms with Crippen molar-refractivity contribution in [3.05, 3.63) is 165 Å². The molecule has 0 N–H and O–H groups in total. The quantitative estimate of drug-likeness (QED) is 0.0180. The number of Topliss-reactive ketones (excluding diaryl/α,β-unsaturated/α-hetero) is 10. The Kier molecular flexibility index (Phi) is 65.7. The van der Waals surface area contributed by atoms with E-state index < -0.39 is 53.2 Å². The fraction of sp³-hybridized carbons (Fsp3) is 0.512. The van der Waals surface area contributed by atoms with Crippen molar-refractivity contribution in [3.8, 4) is 0 Å². The van der Waals surface area contributed by atoms with Crippen molar-refractivity contribution in [2.24, 2.45) is 23.7 Å². The SMILES string of the molecule is CC(=O)c1cc(C(C)=O)cc(S(=O)(=O)[O-])c1.CC(=O)c1cc(C(C)=O)cc(S(=O)(=O)[O-])c1.CC(=O)c1ccc(C(C)=O)cc1.CC(=O)c1ccc(C(C)=O)cc1.CC(=O)c1cccc(C(C)=O)c1.COCC1CCC(COC)CC1.COCC1CCC(COC)CC1.COCCOCCOC.COCCOCCOC.[Na+].[Na+]. The van der Waals surface area contributed by atoms with E-state index in [1.54, 1.807) is 130 Å². The number of methoxy groups -OCH3 is 8. The number of carbonyl (C=O) groups excluding carboxylic acids is 10. The minimum Gasteiger partial charge on any atom is -0.744 e. The molecule has 2 fully saturated rings. The molecule has 0 unspecified atom stereocenters. The van der Waals surface area contributed by atoms with Crippen LogP contribution in [0.1, 0.15) is 224 Å². The van der Waals surface area contributed by atoms with E-state index in [2.05, 4.69) is 0 Å². The normalized spacial score (nSPS) is 14.4. The third-order valence-electron chi connectivity index (χ3n) is 16.4. The van der Waals surface area contributed by atoms with Gasteiger partial charge < -0.3 is 56.5 Å². The smallest absolute Gasteiger partial charge is 0.744 e. The maximum atomic E-state index is 11.1. The van der Waals surface area contributed by atoms with Gasteiger partial charge in [0.15, 0.2) is 57.8 Å². The number of hydrogen-bond acceptors (Lipinski definition) is 26. The summed E-state index contributed by atoms with van der Waals surface area (Å²) in [6.45, 7) is 22.9. The van der Waals surface area contributed by atoms with Crippen molar-refractivity contribution in [3.63, 3.8) is 0 Å². The Bertz CT molecular complexity index is 3400. The van der Waals surface area contributed by atoms with Crippen LogP contribution < -0.4 is 59.1 Å². The first-order valence-electron chi connectivity index (χ1n) is 35.5. The monoisotopic (exact) mass is 1630 g/mol. The predicted molar refractivity (Wildman–Crippen MR) is 416 cm³/mol. The van der Waals surface area contributed by atoms with Crippen LogP contribution in [-0.2, 0) is 67.6 Å². The zero-order chi connectivity index (χ0) is 84.0. The molecule has 0 radical (unpaired) electrons. The van der Waals surface area contributed by atoms with E-state index in [0.29, 0.717) is 86.2 Å². The Morgan fingerprint density at radius 2 is 0.438 bits per heavy atom. The molecule has 5 aromatic carbocycles. The van der Waals surface area contributed by atoms with E-state index >= 15 is 0 Å². The van der Waals surface area contributed by atoms with Gasteiger partial charge in [-0.15, -0.1) is 0 Å². The Hall–Kier alpha value is -5.78. The average molecular weight is 1630 g/mol. The van der Waals surface area contributed by atoms with Crippen LogP contribution in [0, 0.1) is 23.7 Å². The third kappa shape index (κ3) is 53.4. The molecule has 2 saturated carbocycles. The molecule has 0 aromatic heterocycles. The second-order valence-corrected chi connectivity index (χ2v) is 28.2. The summed E-state index contributed by atoms with van der Waals surface area (Å²) in [6.07, 6.45) is 10.6. The summed E-state index contributed by atoms with van der Waals surface area (Å²) < 4.78 is 115. The number of benzene rings is 5. The van der Waals surface area contributed by atoms with Crippen molar-refractivity contribution >= 4 is 78.1 Å². The summed E-state index contributed by atoms with van der Waals surface area (Å²) in [6, 6.07) is 26.5. The molecule has 2 aliphatic rings. The molecule has 0 heterocycles. The van der Waals surface area contributed by atoms with Gasteiger partial charge >= 0.3 is 59.1 Å². The summed E-state index contributed by atoms with van der Waals surface area (Å²) in [5.41, 5.74) is 3.85. The first kappa shape index (κ1) is 113. The molecule has 7 rings (SSSR count). The van der Waals surface area contributed by atoms with E-state index in [9.17, 15) is 73.9 Å². The predicted octanol–water partition coefficient (Wildman–Crippen LogP) is 7.04. The fourth-order valence-corrected chi connectivity index (χ4v) is 11.1. The Morgan fingerprint density at radius 3 is 0.580 bits per heavy atom. The van der Waals surface area contributed by atoms with Crippen LogP contribution in [0.3, 0.4) is 0 Å². The van der Waals surface area contributed by atoms with Gasteiger partial charge in [0.25, 0.3) is 0 Å². The van der Waals surface area contributed by atoms with Gasteiger partial charge in [-0.1, -0.05) is 66.7 Å². The maximum Gasteiger partial charge on any atom is 1.00 e. The van der Waals surface area contributed by atoms with Crippen molar-refractivity contribution in [1.82, 2.24) is 0 Å². The molecule has 30 heteroatoms. The molecule has 0 amide bonds. The Morgan fingerprint density at radius 1 is 0.268 bits per heavy atom. The first-order valence-corrected chi connectivity index (χ1v) is 38.3. The summed E-state index contributed by atoms with van der Waals surface area (Å²) in [5, 5.41) is 0.